The fraction of sp³-hybridized carbons (Fsp3) is 0.611. The highest BCUT2D eigenvalue weighted by Gasteiger charge is 2.42. The van der Waals surface area contributed by atoms with E-state index in [2.05, 4.69) is 53.2 Å². The molecule has 1 aliphatic heterocycles. The number of Topliss-reactive ketones (excluding diaryl/α,β-unsaturated/α-hetero) is 1. The summed E-state index contributed by atoms with van der Waals surface area (Å²) >= 11 is 0. The molecule has 1 fully saturated rings. The summed E-state index contributed by atoms with van der Waals surface area (Å²) in [5.41, 5.74) is 5.59. The number of nitrogens with two attached hydrogens (primary N) is 1. The lowest BCUT2D eigenvalue weighted by Crippen LogP contribution is -2.61. The normalized spacial score (nSPS) is 16.3. The number of hydrogen-bond acceptors (Lipinski definition) is 19. The third-order valence-corrected chi connectivity index (χ3v) is 13.5. The molecule has 1 aromatic rings. The van der Waals surface area contributed by atoms with Crippen molar-refractivity contribution < 1.29 is 103 Å². The standard InChI is InChI=1S/C54H82N12O21/c1-8-10-31(44(77)53(86)56-22-38(72)63-43(27(6)69)52(85)62-36(24-68)49(82)60-34(21-29-12-14-30(71)15-13-29)48(81)61-35(23-67)45(55)78)58-50(83)37-11-9-20-66(37)54(87)42(26(4)5)65-51(84)41(25(2)3)64-47(80)33(17-19-40(75)76)59-46(79)32(57-28(7)70)16-18-39(73)74/h12-15,25-27,31-37,41-43,67-69,71H,8-11,16-24H2,1-7H3,(H2,55,78)(H,56,86)(H,57,70)(H,58,83)(H,59,79)(H,60,82)(H,61,81)(H,62,85)(H,63,72)(H,64,80)(H,65,84)(H,73,74)(H,75,76)/t27?,31-,32-,33-,34-,35-,36-,37?,41-,42-,43-/m0/s1. The summed E-state index contributed by atoms with van der Waals surface area (Å²) in [5.74, 6) is -17.6. The Morgan fingerprint density at radius 3 is 1.57 bits per heavy atom. The maximum Gasteiger partial charge on any atom is 0.303 e. The first kappa shape index (κ1) is 74.3. The second-order valence-corrected chi connectivity index (χ2v) is 21.3. The molecule has 1 aliphatic rings. The lowest BCUT2D eigenvalue weighted by molar-refractivity contribution is -0.144. The number of carboxylic acid groups (broad SMARTS) is 2. The Kier molecular flexibility index (Phi) is 30.9. The number of phenols is 1. The summed E-state index contributed by atoms with van der Waals surface area (Å²) in [5, 5.41) is 81.3. The molecule has 0 radical (unpaired) electrons. The largest absolute Gasteiger partial charge is 0.508 e. The second-order valence-electron chi connectivity index (χ2n) is 21.3. The first-order chi connectivity index (χ1) is 40.8. The highest BCUT2D eigenvalue weighted by molar-refractivity contribution is 6.38. The van der Waals surface area contributed by atoms with Crippen LogP contribution in [0.5, 0.6) is 5.75 Å². The van der Waals surface area contributed by atoms with Crippen LogP contribution in [0.3, 0.4) is 0 Å². The van der Waals surface area contributed by atoms with Gasteiger partial charge in [-0.2, -0.15) is 0 Å². The van der Waals surface area contributed by atoms with E-state index in [0.29, 0.717) is 5.56 Å². The zero-order chi connectivity index (χ0) is 66.0. The van der Waals surface area contributed by atoms with Crippen molar-refractivity contribution in [2.24, 2.45) is 17.6 Å². The number of ketones is 1. The number of hydrogen-bond donors (Lipinski definition) is 17. The monoisotopic (exact) mass is 1230 g/mol. The van der Waals surface area contributed by atoms with Crippen LogP contribution in [0, 0.1) is 11.8 Å². The number of aliphatic hydroxyl groups excluding tert-OH is 3. The van der Waals surface area contributed by atoms with Crippen molar-refractivity contribution in [3.05, 3.63) is 29.8 Å². The van der Waals surface area contributed by atoms with Gasteiger partial charge in [-0.15, -0.1) is 0 Å². The van der Waals surface area contributed by atoms with Crippen molar-refractivity contribution in [3.8, 4) is 5.75 Å². The molecule has 1 saturated heterocycles. The number of nitrogens with one attached hydrogen (secondary N) is 10. The van der Waals surface area contributed by atoms with Crippen molar-refractivity contribution in [2.45, 2.75) is 173 Å². The van der Waals surface area contributed by atoms with Crippen molar-refractivity contribution >= 4 is 88.6 Å². The Balaban J connectivity index is 2.19. The van der Waals surface area contributed by atoms with E-state index in [-0.39, 0.29) is 50.8 Å². The van der Waals surface area contributed by atoms with Gasteiger partial charge in [0.05, 0.1) is 31.9 Å². The molecule has 2 rings (SSSR count). The van der Waals surface area contributed by atoms with E-state index in [0.717, 1.165) is 13.8 Å². The molecule has 0 bridgehead atoms. The summed E-state index contributed by atoms with van der Waals surface area (Å²) in [6, 6.07) is -9.98. The molecule has 0 aromatic heterocycles. The van der Waals surface area contributed by atoms with Crippen LogP contribution in [0.15, 0.2) is 24.3 Å². The molecule has 0 spiro atoms. The van der Waals surface area contributed by atoms with Crippen LogP contribution >= 0.6 is 0 Å². The van der Waals surface area contributed by atoms with Crippen LogP contribution in [0.1, 0.15) is 105 Å². The smallest absolute Gasteiger partial charge is 0.303 e. The molecule has 33 nitrogen and oxygen atoms in total. The molecule has 1 heterocycles. The molecular weight excluding hydrogens is 1150 g/mol. The number of carbonyl (C=O) groups excluding carboxylic acids is 13. The minimum atomic E-state index is -1.87. The van der Waals surface area contributed by atoms with Gasteiger partial charge in [0.2, 0.25) is 70.8 Å². The maximum absolute atomic E-state index is 14.3. The molecule has 0 saturated carbocycles. The number of aliphatic hydroxyl groups is 3. The zero-order valence-electron chi connectivity index (χ0n) is 49.3. The minimum Gasteiger partial charge on any atom is -0.508 e. The highest BCUT2D eigenvalue weighted by Crippen LogP contribution is 2.22. The number of carbonyl (C=O) groups is 15. The van der Waals surface area contributed by atoms with Gasteiger partial charge in [-0.1, -0.05) is 53.2 Å². The summed E-state index contributed by atoms with van der Waals surface area (Å²) in [7, 11) is 0. The Labute approximate surface area is 500 Å². The van der Waals surface area contributed by atoms with Crippen LogP contribution < -0.4 is 58.9 Å². The number of benzene rings is 1. The SMILES string of the molecule is CCC[C@H](NC(=O)C1CCCN1C(=O)[C@@H](NC(=O)[C@@H](NC(=O)[C@H](CCC(=O)O)NC(=O)[C@H](CCC(=O)O)NC(C)=O)C(C)C)C(C)C)C(=O)C(=O)NCC(=O)N[C@H](C(=O)N[C@@H](CO)C(=O)N[C@@H](Cc1ccc(O)cc1)C(=O)N[C@@H](CO)C(N)=O)C(C)O. The van der Waals surface area contributed by atoms with Crippen LogP contribution in [-0.2, 0) is 78.3 Å². The Bertz CT molecular complexity index is 2650. The number of amides is 12. The van der Waals surface area contributed by atoms with Gasteiger partial charge in [-0.25, -0.2) is 0 Å². The van der Waals surface area contributed by atoms with E-state index in [1.807, 2.05) is 0 Å². The molecule has 1 aromatic carbocycles. The Hall–Kier alpha value is -8.85. The van der Waals surface area contributed by atoms with Crippen LogP contribution in [-0.4, -0.2) is 217 Å². The van der Waals surface area contributed by atoms with Crippen LogP contribution in [0.2, 0.25) is 0 Å². The first-order valence-corrected chi connectivity index (χ1v) is 28.0. The number of likely N-dealkylation sites (tertiary alicyclic amines) is 1. The molecular formula is C54H82N12O21. The number of primary amides is 1. The molecule has 12 amide bonds. The number of aliphatic carboxylic acids is 2. The Morgan fingerprint density at radius 1 is 0.586 bits per heavy atom. The van der Waals surface area contributed by atoms with E-state index >= 15 is 0 Å². The molecule has 484 valence electrons. The van der Waals surface area contributed by atoms with E-state index in [9.17, 15) is 97.5 Å². The summed E-state index contributed by atoms with van der Waals surface area (Å²) < 4.78 is 0. The third kappa shape index (κ3) is 24.6. The lowest BCUT2D eigenvalue weighted by atomic mass is 9.98. The zero-order valence-corrected chi connectivity index (χ0v) is 49.3. The van der Waals surface area contributed by atoms with Gasteiger partial charge in [0.1, 0.15) is 60.1 Å². The Morgan fingerprint density at radius 2 is 1.07 bits per heavy atom. The van der Waals surface area contributed by atoms with Gasteiger partial charge in [-0.05, 0) is 68.6 Å². The van der Waals surface area contributed by atoms with Gasteiger partial charge in [0.15, 0.2) is 0 Å². The average molecular weight is 1240 g/mol. The maximum atomic E-state index is 14.3. The third-order valence-electron chi connectivity index (χ3n) is 13.5. The van der Waals surface area contributed by atoms with Gasteiger partial charge >= 0.3 is 11.9 Å². The van der Waals surface area contributed by atoms with E-state index in [4.69, 9.17) is 10.8 Å². The van der Waals surface area contributed by atoms with Crippen molar-refractivity contribution in [3.63, 3.8) is 0 Å². The molecule has 0 aliphatic carbocycles. The number of nitrogens with zero attached hydrogens (tertiary/aromatic N) is 1. The van der Waals surface area contributed by atoms with E-state index in [1.54, 1.807) is 34.6 Å². The molecule has 18 N–H and O–H groups in total. The number of rotatable bonds is 37. The molecule has 2 unspecified atom stereocenters. The number of aromatic hydroxyl groups is 1. The van der Waals surface area contributed by atoms with E-state index < -0.39 is 206 Å². The molecule has 87 heavy (non-hydrogen) atoms. The minimum absolute atomic E-state index is 0.00595. The predicted molar refractivity (Wildman–Crippen MR) is 301 cm³/mol. The molecule has 11 atom stereocenters. The van der Waals surface area contributed by atoms with Crippen molar-refractivity contribution in [1.29, 1.82) is 0 Å². The van der Waals surface area contributed by atoms with Crippen LogP contribution in [0.25, 0.3) is 0 Å². The predicted octanol–water partition coefficient (Wildman–Crippen LogP) is -6.31. The quantitative estimate of drug-likeness (QED) is 0.0276. The second kappa shape index (κ2) is 36.2. The van der Waals surface area contributed by atoms with Gasteiger partial charge in [0, 0.05) is 32.7 Å². The average Bonchev–Trinajstić information content (AvgIpc) is 2.55. The van der Waals surface area contributed by atoms with Gasteiger partial charge in [0.25, 0.3) is 5.91 Å². The topological polar surface area (TPSA) is 527 Å². The van der Waals surface area contributed by atoms with E-state index in [1.165, 1.54) is 29.2 Å². The van der Waals surface area contributed by atoms with Gasteiger partial charge in [-0.3, -0.25) is 71.9 Å². The fourth-order valence-corrected chi connectivity index (χ4v) is 8.76. The first-order valence-electron chi connectivity index (χ1n) is 28.0. The number of carboxylic acids is 2. The highest BCUT2D eigenvalue weighted by atomic mass is 16.4. The van der Waals surface area contributed by atoms with Gasteiger partial charge < -0.3 is 94.4 Å². The lowest BCUT2D eigenvalue weighted by Gasteiger charge is -2.33. The number of phenolic OH excluding ortho intramolecular Hbond substituents is 1. The van der Waals surface area contributed by atoms with Crippen molar-refractivity contribution in [2.75, 3.05) is 26.3 Å². The molecule has 33 heteroatoms. The fourth-order valence-electron chi connectivity index (χ4n) is 8.76. The van der Waals surface area contributed by atoms with Crippen LogP contribution in [0.4, 0.5) is 0 Å². The summed E-state index contributed by atoms with van der Waals surface area (Å²) in [6.07, 6.45) is -3.57. The summed E-state index contributed by atoms with van der Waals surface area (Å²) in [4.78, 5) is 196. The summed E-state index contributed by atoms with van der Waals surface area (Å²) in [6.45, 7) is 7.03. The van der Waals surface area contributed by atoms with Crippen molar-refractivity contribution in [1.82, 2.24) is 58.1 Å².